The second kappa shape index (κ2) is 16.3. The summed E-state index contributed by atoms with van der Waals surface area (Å²) in [6, 6.07) is 95.4. The molecule has 0 spiro atoms. The molecule has 0 radical (unpaired) electrons. The summed E-state index contributed by atoms with van der Waals surface area (Å²) in [4.78, 5) is 2.44. The summed E-state index contributed by atoms with van der Waals surface area (Å²) in [6.45, 7) is 0. The maximum absolute atomic E-state index is 2.44. The summed E-state index contributed by atoms with van der Waals surface area (Å²) in [6.07, 6.45) is 0. The van der Waals surface area contributed by atoms with E-state index in [1.807, 2.05) is 0 Å². The second-order valence-corrected chi connectivity index (χ2v) is 16.9. The molecule has 0 heterocycles. The molecule has 0 fully saturated rings. The third-order valence-electron chi connectivity index (χ3n) is 13.0. The molecule has 1 heteroatoms. The molecule has 304 valence electrons. The van der Waals surface area contributed by atoms with Crippen LogP contribution >= 0.6 is 0 Å². The van der Waals surface area contributed by atoms with Gasteiger partial charge < -0.3 is 4.90 Å². The van der Waals surface area contributed by atoms with E-state index < -0.39 is 0 Å². The maximum atomic E-state index is 2.44. The van der Waals surface area contributed by atoms with Crippen molar-refractivity contribution in [2.75, 3.05) is 4.90 Å². The molecule has 0 amide bonds. The normalized spacial score (nSPS) is 11.4. The van der Waals surface area contributed by atoms with Crippen molar-refractivity contribution in [3.05, 3.63) is 261 Å². The lowest BCUT2D eigenvalue weighted by Gasteiger charge is -2.28. The van der Waals surface area contributed by atoms with Crippen LogP contribution in [0.15, 0.2) is 261 Å². The minimum atomic E-state index is 1.09. The molecule has 12 aromatic rings. The Morgan fingerprint density at radius 3 is 1.25 bits per heavy atom. The van der Waals surface area contributed by atoms with Crippen molar-refractivity contribution < 1.29 is 0 Å². The highest BCUT2D eigenvalue weighted by Gasteiger charge is 2.19. The third kappa shape index (κ3) is 7.20. The van der Waals surface area contributed by atoms with Crippen molar-refractivity contribution in [3.8, 4) is 55.6 Å². The molecule has 0 unspecified atom stereocenters. The van der Waals surface area contributed by atoms with E-state index in [0.717, 1.165) is 22.6 Å². The highest BCUT2D eigenvalue weighted by atomic mass is 15.1. The van der Waals surface area contributed by atoms with Gasteiger partial charge in [-0.2, -0.15) is 0 Å². The molecule has 12 aromatic carbocycles. The predicted molar refractivity (Wildman–Crippen MR) is 278 cm³/mol. The van der Waals surface area contributed by atoms with E-state index in [4.69, 9.17) is 0 Å². The van der Waals surface area contributed by atoms with Crippen LogP contribution in [0.1, 0.15) is 0 Å². The van der Waals surface area contributed by atoms with Crippen molar-refractivity contribution in [1.82, 2.24) is 0 Å². The Bertz CT molecular complexity index is 3670. The SMILES string of the molecule is c1ccc(-c2ccc(-c3ccc(N(c4cccc(-c5ccc(-c6ccccc6)cc5)c4)c4cc(-c5ccc6ccc7c8ccccc8ccc7c6c5)cc5ccccc45)cc3)cc2)cc1. The Balaban J connectivity index is 0.999. The van der Waals surface area contributed by atoms with Crippen molar-refractivity contribution in [2.24, 2.45) is 0 Å². The van der Waals surface area contributed by atoms with E-state index in [1.54, 1.807) is 0 Å². The molecule has 0 aliphatic heterocycles. The van der Waals surface area contributed by atoms with Gasteiger partial charge >= 0.3 is 0 Å². The number of rotatable bonds is 8. The Morgan fingerprint density at radius 2 is 0.615 bits per heavy atom. The van der Waals surface area contributed by atoms with Gasteiger partial charge in [0.15, 0.2) is 0 Å². The zero-order valence-corrected chi connectivity index (χ0v) is 35.8. The van der Waals surface area contributed by atoms with Gasteiger partial charge in [-0.25, -0.2) is 0 Å². The zero-order valence-electron chi connectivity index (χ0n) is 35.8. The molecule has 12 rings (SSSR count). The van der Waals surface area contributed by atoms with Crippen LogP contribution < -0.4 is 4.90 Å². The lowest BCUT2D eigenvalue weighted by Crippen LogP contribution is -2.11. The van der Waals surface area contributed by atoms with E-state index in [0.29, 0.717) is 0 Å². The van der Waals surface area contributed by atoms with Crippen molar-refractivity contribution in [3.63, 3.8) is 0 Å². The van der Waals surface area contributed by atoms with Crippen molar-refractivity contribution in [2.45, 2.75) is 0 Å². The highest BCUT2D eigenvalue weighted by molar-refractivity contribution is 6.18. The summed E-state index contributed by atoms with van der Waals surface area (Å²) in [5.74, 6) is 0. The smallest absolute Gasteiger partial charge is 0.0546 e. The molecular formula is C64H43N. The van der Waals surface area contributed by atoms with Gasteiger partial charge in [0.1, 0.15) is 0 Å². The van der Waals surface area contributed by atoms with Gasteiger partial charge in [-0.1, -0.05) is 218 Å². The molecule has 0 bridgehead atoms. The van der Waals surface area contributed by atoms with Gasteiger partial charge in [0.25, 0.3) is 0 Å². The molecule has 1 nitrogen and oxygen atoms in total. The minimum absolute atomic E-state index is 1.09. The highest BCUT2D eigenvalue weighted by Crippen LogP contribution is 2.44. The first-order valence-electron chi connectivity index (χ1n) is 22.4. The fourth-order valence-corrected chi connectivity index (χ4v) is 9.67. The predicted octanol–water partition coefficient (Wildman–Crippen LogP) is 18.1. The molecule has 0 aromatic heterocycles. The van der Waals surface area contributed by atoms with Gasteiger partial charge in [0.2, 0.25) is 0 Å². The zero-order chi connectivity index (χ0) is 43.1. The fraction of sp³-hybridized carbons (Fsp3) is 0. The number of hydrogen-bond acceptors (Lipinski definition) is 1. The van der Waals surface area contributed by atoms with Crippen molar-refractivity contribution in [1.29, 1.82) is 0 Å². The Kier molecular flexibility index (Phi) is 9.58. The van der Waals surface area contributed by atoms with Crippen LogP contribution in [0.2, 0.25) is 0 Å². The average molecular weight is 826 g/mol. The minimum Gasteiger partial charge on any atom is -0.310 e. The van der Waals surface area contributed by atoms with Crippen LogP contribution in [0.25, 0.3) is 98.7 Å². The molecular weight excluding hydrogens is 783 g/mol. The topological polar surface area (TPSA) is 3.24 Å². The van der Waals surface area contributed by atoms with Gasteiger partial charge in [-0.15, -0.1) is 0 Å². The lowest BCUT2D eigenvalue weighted by atomic mass is 9.93. The van der Waals surface area contributed by atoms with Crippen LogP contribution in [0.4, 0.5) is 17.1 Å². The fourth-order valence-electron chi connectivity index (χ4n) is 9.67. The number of benzene rings is 12. The van der Waals surface area contributed by atoms with Gasteiger partial charge in [0, 0.05) is 16.8 Å². The molecule has 65 heavy (non-hydrogen) atoms. The summed E-state index contributed by atoms with van der Waals surface area (Å²) in [7, 11) is 0. The Labute approximate surface area is 379 Å². The first kappa shape index (κ1) is 38.2. The quantitative estimate of drug-likeness (QED) is 0.138. The monoisotopic (exact) mass is 825 g/mol. The van der Waals surface area contributed by atoms with Crippen LogP contribution in [-0.4, -0.2) is 0 Å². The number of anilines is 3. The lowest BCUT2D eigenvalue weighted by molar-refractivity contribution is 1.30. The molecule has 0 aliphatic rings. The van der Waals surface area contributed by atoms with Gasteiger partial charge in [-0.05, 0) is 136 Å². The van der Waals surface area contributed by atoms with E-state index in [2.05, 4.69) is 266 Å². The number of fused-ring (bicyclic) bond motifs is 6. The van der Waals surface area contributed by atoms with E-state index in [9.17, 15) is 0 Å². The number of nitrogens with zero attached hydrogens (tertiary/aromatic N) is 1. The Hall–Kier alpha value is -8.52. The van der Waals surface area contributed by atoms with Crippen LogP contribution in [0.3, 0.4) is 0 Å². The molecule has 0 saturated heterocycles. The van der Waals surface area contributed by atoms with Gasteiger partial charge in [0.05, 0.1) is 5.69 Å². The van der Waals surface area contributed by atoms with E-state index >= 15 is 0 Å². The van der Waals surface area contributed by atoms with Crippen LogP contribution in [-0.2, 0) is 0 Å². The van der Waals surface area contributed by atoms with Crippen LogP contribution in [0, 0.1) is 0 Å². The Morgan fingerprint density at radius 1 is 0.185 bits per heavy atom. The summed E-state index contributed by atoms with van der Waals surface area (Å²) < 4.78 is 0. The molecule has 0 atom stereocenters. The van der Waals surface area contributed by atoms with Gasteiger partial charge in [-0.3, -0.25) is 0 Å². The molecule has 0 aliphatic carbocycles. The molecule has 0 saturated carbocycles. The largest absolute Gasteiger partial charge is 0.310 e. The average Bonchev–Trinajstić information content (AvgIpc) is 3.39. The van der Waals surface area contributed by atoms with E-state index in [-0.39, 0.29) is 0 Å². The standard InChI is InChI=1S/C64H43N/c1-3-12-44(13-4-1)46-22-24-48(25-23-46)49-32-36-57(37-33-49)65(58-19-11-18-53(41-58)50-28-26-47(27-29-50)45-14-5-2-6-15-45)64-43-56(40-55-17-8-10-21-60(55)64)54-31-30-52-35-38-61-59-20-9-7-16-51(59)34-39-62(61)63(52)42-54/h1-43H. The van der Waals surface area contributed by atoms with Crippen LogP contribution in [0.5, 0.6) is 0 Å². The maximum Gasteiger partial charge on any atom is 0.0546 e. The van der Waals surface area contributed by atoms with E-state index in [1.165, 1.54) is 93.2 Å². The second-order valence-electron chi connectivity index (χ2n) is 16.9. The summed E-state index contributed by atoms with van der Waals surface area (Å²) >= 11 is 0. The summed E-state index contributed by atoms with van der Waals surface area (Å²) in [5.41, 5.74) is 15.2. The number of hydrogen-bond donors (Lipinski definition) is 0. The summed E-state index contributed by atoms with van der Waals surface area (Å²) in [5, 5.41) is 9.97. The first-order chi connectivity index (χ1) is 32.2. The first-order valence-corrected chi connectivity index (χ1v) is 22.4. The van der Waals surface area contributed by atoms with Crippen molar-refractivity contribution >= 4 is 60.2 Å². The third-order valence-corrected chi connectivity index (χ3v) is 13.0. The molecule has 0 N–H and O–H groups in total.